The van der Waals surface area contributed by atoms with E-state index in [0.717, 1.165) is 12.1 Å². The zero-order valence-electron chi connectivity index (χ0n) is 9.16. The molecule has 0 saturated heterocycles. The number of hydrogen-bond acceptors (Lipinski definition) is 4. The van der Waals surface area contributed by atoms with Crippen LogP contribution < -0.4 is 0 Å². The van der Waals surface area contributed by atoms with E-state index in [0.29, 0.717) is 10.0 Å². The third-order valence-corrected chi connectivity index (χ3v) is 3.72. The van der Waals surface area contributed by atoms with Crippen molar-refractivity contribution in [1.82, 2.24) is 0 Å². The fourth-order valence-electron chi connectivity index (χ4n) is 1.22. The van der Waals surface area contributed by atoms with Gasteiger partial charge in [-0.3, -0.25) is 0 Å². The Hall–Kier alpha value is -0.950. The summed E-state index contributed by atoms with van der Waals surface area (Å²) in [5.74, 6) is -0.684. The molecule has 0 amide bonds. The maximum Gasteiger partial charge on any atom is 0.338 e. The number of rotatable bonds is 3. The second kappa shape index (κ2) is 5.14. The first-order chi connectivity index (χ1) is 7.77. The summed E-state index contributed by atoms with van der Waals surface area (Å²) >= 11 is 3.07. The summed E-state index contributed by atoms with van der Waals surface area (Å²) in [4.78, 5) is 11.0. The van der Waals surface area contributed by atoms with Crippen molar-refractivity contribution in [3.8, 4) is 0 Å². The molecule has 0 aromatic heterocycles. The largest absolute Gasteiger partial charge is 0.462 e. The highest BCUT2D eigenvalue weighted by molar-refractivity contribution is 9.10. The number of carbonyl (C=O) groups is 1. The first-order valence-corrected chi connectivity index (χ1v) is 6.87. The molecule has 0 heterocycles. The minimum atomic E-state index is -4.85. The minimum Gasteiger partial charge on any atom is -0.462 e. The first-order valence-electron chi connectivity index (χ1n) is 4.69. The molecule has 1 aromatic rings. The van der Waals surface area contributed by atoms with Crippen molar-refractivity contribution in [3.05, 3.63) is 27.7 Å². The van der Waals surface area contributed by atoms with E-state index in [1.807, 2.05) is 0 Å². The van der Waals surface area contributed by atoms with Crippen molar-refractivity contribution in [2.45, 2.75) is 18.7 Å². The van der Waals surface area contributed by atoms with E-state index < -0.39 is 21.1 Å². The predicted octanol–water partition coefficient (Wildman–Crippen LogP) is 2.59. The molecule has 0 atom stereocenters. The van der Waals surface area contributed by atoms with Gasteiger partial charge in [0, 0.05) is 4.47 Å². The van der Waals surface area contributed by atoms with Crippen molar-refractivity contribution in [2.24, 2.45) is 0 Å². The van der Waals surface area contributed by atoms with Crippen LogP contribution in [0.3, 0.4) is 0 Å². The quantitative estimate of drug-likeness (QED) is 0.633. The Bertz CT molecular complexity index is 554. The summed E-state index contributed by atoms with van der Waals surface area (Å²) in [6.07, 6.45) is 0. The molecule has 0 N–H and O–H groups in total. The summed E-state index contributed by atoms with van der Waals surface area (Å²) in [6, 6.07) is 2.07. The summed E-state index contributed by atoms with van der Waals surface area (Å²) < 4.78 is 39.5. The van der Waals surface area contributed by atoms with Gasteiger partial charge in [-0.1, -0.05) is 15.9 Å². The molecule has 17 heavy (non-hydrogen) atoms. The van der Waals surface area contributed by atoms with Gasteiger partial charge in [0.05, 0.1) is 12.2 Å². The number of ether oxygens (including phenoxy) is 1. The Balaban J connectivity index is 3.40. The lowest BCUT2D eigenvalue weighted by Gasteiger charge is -2.08. The third kappa shape index (κ3) is 3.26. The normalized spacial score (nSPS) is 11.3. The zero-order valence-corrected chi connectivity index (χ0v) is 11.6. The Morgan fingerprint density at radius 3 is 2.53 bits per heavy atom. The molecule has 0 unspecified atom stereocenters. The Kier molecular flexibility index (Phi) is 4.26. The summed E-state index contributed by atoms with van der Waals surface area (Å²) in [5.41, 5.74) is 0.522. The van der Waals surface area contributed by atoms with Gasteiger partial charge in [-0.15, -0.1) is 3.89 Å². The molecule has 1 rings (SSSR count). The van der Waals surface area contributed by atoms with E-state index in [4.69, 9.17) is 4.74 Å². The predicted molar refractivity (Wildman–Crippen MR) is 63.1 cm³/mol. The van der Waals surface area contributed by atoms with Gasteiger partial charge >= 0.3 is 16.2 Å². The lowest BCUT2D eigenvalue weighted by molar-refractivity contribution is 0.0525. The maximum absolute atomic E-state index is 12.9. The Labute approximate surface area is 107 Å². The molecule has 1 aromatic carbocycles. The second-order valence-electron chi connectivity index (χ2n) is 3.24. The standard InChI is InChI=1S/C10H10BrFO4S/c1-3-16-10(13)8-4-7(17(12,14)15)5-9(11)6(8)2/h4-5H,3H2,1-2H3. The van der Waals surface area contributed by atoms with Crippen LogP contribution in [-0.2, 0) is 15.0 Å². The SMILES string of the molecule is CCOC(=O)c1cc(S(=O)(=O)F)cc(Br)c1C. The topological polar surface area (TPSA) is 60.4 Å². The number of carbonyl (C=O) groups excluding carboxylic acids is 1. The van der Waals surface area contributed by atoms with E-state index in [2.05, 4.69) is 15.9 Å². The number of hydrogen-bond donors (Lipinski definition) is 0. The fourth-order valence-corrected chi connectivity index (χ4v) is 2.34. The van der Waals surface area contributed by atoms with E-state index in [9.17, 15) is 17.1 Å². The average Bonchev–Trinajstić information content (AvgIpc) is 2.20. The highest BCUT2D eigenvalue weighted by atomic mass is 79.9. The van der Waals surface area contributed by atoms with E-state index in [1.54, 1.807) is 13.8 Å². The van der Waals surface area contributed by atoms with Gasteiger partial charge in [-0.05, 0) is 31.5 Å². The van der Waals surface area contributed by atoms with Crippen molar-refractivity contribution < 1.29 is 21.8 Å². The van der Waals surface area contributed by atoms with E-state index >= 15 is 0 Å². The van der Waals surface area contributed by atoms with Gasteiger partial charge in [0.15, 0.2) is 0 Å². The molecular weight excluding hydrogens is 315 g/mol. The van der Waals surface area contributed by atoms with E-state index in [-0.39, 0.29) is 12.2 Å². The molecule has 0 aliphatic carbocycles. The van der Waals surface area contributed by atoms with Gasteiger partial charge in [0.25, 0.3) is 0 Å². The Morgan fingerprint density at radius 1 is 1.47 bits per heavy atom. The Morgan fingerprint density at radius 2 is 2.06 bits per heavy atom. The molecule has 0 bridgehead atoms. The van der Waals surface area contributed by atoms with Gasteiger partial charge in [0.2, 0.25) is 0 Å². The lowest BCUT2D eigenvalue weighted by Crippen LogP contribution is -2.08. The van der Waals surface area contributed by atoms with Crippen LogP contribution >= 0.6 is 15.9 Å². The maximum atomic E-state index is 12.9. The molecule has 0 radical (unpaired) electrons. The highest BCUT2D eigenvalue weighted by Gasteiger charge is 2.20. The summed E-state index contributed by atoms with van der Waals surface area (Å²) in [7, 11) is -4.85. The molecule has 0 spiro atoms. The van der Waals surface area contributed by atoms with Gasteiger partial charge in [-0.25, -0.2) is 4.79 Å². The van der Waals surface area contributed by atoms with E-state index in [1.165, 1.54) is 0 Å². The average molecular weight is 325 g/mol. The number of benzene rings is 1. The molecule has 0 saturated carbocycles. The van der Waals surface area contributed by atoms with Crippen LogP contribution in [0.15, 0.2) is 21.5 Å². The van der Waals surface area contributed by atoms with Gasteiger partial charge < -0.3 is 4.74 Å². The van der Waals surface area contributed by atoms with Crippen LogP contribution in [0.4, 0.5) is 3.89 Å². The van der Waals surface area contributed by atoms with Crippen molar-refractivity contribution in [2.75, 3.05) is 6.61 Å². The fraction of sp³-hybridized carbons (Fsp3) is 0.300. The van der Waals surface area contributed by atoms with Crippen molar-refractivity contribution in [3.63, 3.8) is 0 Å². The van der Waals surface area contributed by atoms with Crippen LogP contribution in [0.1, 0.15) is 22.8 Å². The number of esters is 1. The highest BCUT2D eigenvalue weighted by Crippen LogP contribution is 2.26. The second-order valence-corrected chi connectivity index (χ2v) is 5.44. The molecule has 0 aliphatic rings. The molecule has 4 nitrogen and oxygen atoms in total. The molecule has 94 valence electrons. The van der Waals surface area contributed by atoms with Crippen molar-refractivity contribution in [1.29, 1.82) is 0 Å². The molecule has 0 aliphatic heterocycles. The monoisotopic (exact) mass is 324 g/mol. The molecular formula is C10H10BrFO4S. The third-order valence-electron chi connectivity index (χ3n) is 2.09. The summed E-state index contributed by atoms with van der Waals surface area (Å²) in [6.45, 7) is 3.38. The first kappa shape index (κ1) is 14.1. The van der Waals surface area contributed by atoms with Crippen LogP contribution in [0.5, 0.6) is 0 Å². The van der Waals surface area contributed by atoms with Crippen LogP contribution in [-0.4, -0.2) is 21.0 Å². The molecule has 7 heteroatoms. The van der Waals surface area contributed by atoms with Crippen molar-refractivity contribution >= 4 is 32.1 Å². The smallest absolute Gasteiger partial charge is 0.338 e. The van der Waals surface area contributed by atoms with Gasteiger partial charge in [-0.2, -0.15) is 8.42 Å². The zero-order chi connectivity index (χ0) is 13.2. The summed E-state index contributed by atoms with van der Waals surface area (Å²) in [5, 5.41) is 0. The minimum absolute atomic E-state index is 0.0254. The molecule has 0 fully saturated rings. The van der Waals surface area contributed by atoms with Crippen LogP contribution in [0, 0.1) is 6.92 Å². The van der Waals surface area contributed by atoms with Crippen LogP contribution in [0.25, 0.3) is 0 Å². The lowest BCUT2D eigenvalue weighted by atomic mass is 10.1. The van der Waals surface area contributed by atoms with Gasteiger partial charge in [0.1, 0.15) is 4.90 Å². The van der Waals surface area contributed by atoms with Crippen LogP contribution in [0.2, 0.25) is 0 Å². The number of halogens is 2.